The summed E-state index contributed by atoms with van der Waals surface area (Å²) in [5.74, 6) is -6.96. The van der Waals surface area contributed by atoms with Crippen molar-refractivity contribution in [3.8, 4) is 5.75 Å². The second kappa shape index (κ2) is 8.12. The SMILES string of the molecule is Br.CN(C)[C@@H]1C(=O)C(C(N)=O)=C(O)C2(O)C(=O)C3=C(O)c4c(cc(Br)c(N)c4O)CC3CC12. The van der Waals surface area contributed by atoms with Gasteiger partial charge in [0.2, 0.25) is 5.78 Å². The van der Waals surface area contributed by atoms with Gasteiger partial charge >= 0.3 is 0 Å². The number of benzene rings is 1. The van der Waals surface area contributed by atoms with Crippen molar-refractivity contribution in [3.63, 3.8) is 0 Å². The number of anilines is 1. The second-order valence-electron chi connectivity index (χ2n) is 8.62. The highest BCUT2D eigenvalue weighted by Crippen LogP contribution is 2.53. The number of phenols is 1. The molecule has 178 valence electrons. The number of nitrogen functional groups attached to an aromatic ring is 1. The Morgan fingerprint density at radius 3 is 2.39 bits per heavy atom. The third kappa shape index (κ3) is 3.22. The zero-order valence-electron chi connectivity index (χ0n) is 17.6. The molecule has 4 atom stereocenters. The highest BCUT2D eigenvalue weighted by molar-refractivity contribution is 9.10. The molecule has 4 rings (SSSR count). The lowest BCUT2D eigenvalue weighted by atomic mass is 9.57. The molecule has 0 aliphatic heterocycles. The molecule has 10 nitrogen and oxygen atoms in total. The molecule has 8 N–H and O–H groups in total. The van der Waals surface area contributed by atoms with Crippen molar-refractivity contribution in [1.82, 2.24) is 4.90 Å². The molecule has 3 aliphatic carbocycles. The molecule has 1 aromatic rings. The summed E-state index contributed by atoms with van der Waals surface area (Å²) < 4.78 is 0.411. The van der Waals surface area contributed by atoms with E-state index in [1.54, 1.807) is 20.2 Å². The fourth-order valence-corrected chi connectivity index (χ4v) is 5.74. The highest BCUT2D eigenvalue weighted by Gasteiger charge is 2.64. The first-order valence-corrected chi connectivity index (χ1v) is 10.6. The van der Waals surface area contributed by atoms with E-state index in [-0.39, 0.29) is 46.6 Å². The van der Waals surface area contributed by atoms with Crippen LogP contribution < -0.4 is 11.5 Å². The van der Waals surface area contributed by atoms with Gasteiger partial charge in [-0.05, 0) is 60.4 Å². The van der Waals surface area contributed by atoms with Crippen molar-refractivity contribution in [3.05, 3.63) is 38.6 Å². The molecule has 3 unspecified atom stereocenters. The molecule has 1 aromatic carbocycles. The van der Waals surface area contributed by atoms with E-state index >= 15 is 0 Å². The van der Waals surface area contributed by atoms with E-state index in [0.29, 0.717) is 10.0 Å². The number of likely N-dealkylation sites (N-methyl/N-ethyl adjacent to an activating group) is 1. The van der Waals surface area contributed by atoms with Crippen molar-refractivity contribution in [2.24, 2.45) is 17.6 Å². The normalized spacial score (nSPS) is 28.8. The largest absolute Gasteiger partial charge is 0.508 e. The van der Waals surface area contributed by atoms with Crippen LogP contribution in [0.4, 0.5) is 5.69 Å². The number of ketones is 2. The number of Topliss-reactive ketones (excluding diaryl/α,β-unsaturated/α-hetero) is 2. The molecule has 0 radical (unpaired) electrons. The van der Waals surface area contributed by atoms with E-state index in [9.17, 15) is 34.8 Å². The quantitative estimate of drug-likeness (QED) is 0.166. The van der Waals surface area contributed by atoms with Gasteiger partial charge in [-0.1, -0.05) is 0 Å². The summed E-state index contributed by atoms with van der Waals surface area (Å²) in [4.78, 5) is 39.9. The average Bonchev–Trinajstić information content (AvgIpc) is 2.68. The molecular weight excluding hydrogens is 566 g/mol. The first kappa shape index (κ1) is 25.2. The molecule has 1 saturated carbocycles. The monoisotopic (exact) mass is 587 g/mol. The first-order chi connectivity index (χ1) is 14.8. The Kier molecular flexibility index (Phi) is 6.20. The summed E-state index contributed by atoms with van der Waals surface area (Å²) >= 11 is 3.25. The van der Waals surface area contributed by atoms with Gasteiger partial charge in [0.15, 0.2) is 17.1 Å². The third-order valence-corrected chi connectivity index (χ3v) is 7.36. The van der Waals surface area contributed by atoms with Crippen LogP contribution in [-0.2, 0) is 20.8 Å². The fourth-order valence-electron chi connectivity index (χ4n) is 5.28. The second-order valence-corrected chi connectivity index (χ2v) is 9.47. The molecule has 1 amide bonds. The Labute approximate surface area is 207 Å². The van der Waals surface area contributed by atoms with Gasteiger partial charge in [-0.25, -0.2) is 0 Å². The minimum absolute atomic E-state index is 0. The number of halogens is 2. The number of rotatable bonds is 2. The molecule has 0 saturated heterocycles. The van der Waals surface area contributed by atoms with Crippen LogP contribution in [0.1, 0.15) is 17.5 Å². The van der Waals surface area contributed by atoms with Gasteiger partial charge in [-0.15, -0.1) is 17.0 Å². The van der Waals surface area contributed by atoms with Crippen LogP contribution in [0, 0.1) is 11.8 Å². The summed E-state index contributed by atoms with van der Waals surface area (Å²) in [6.45, 7) is 0. The summed E-state index contributed by atoms with van der Waals surface area (Å²) in [6.07, 6.45) is 0.246. The number of hydrogen-bond donors (Lipinski definition) is 6. The summed E-state index contributed by atoms with van der Waals surface area (Å²) in [6, 6.07) is 0.514. The molecule has 0 heterocycles. The van der Waals surface area contributed by atoms with Crippen molar-refractivity contribution in [1.29, 1.82) is 0 Å². The number of aromatic hydroxyl groups is 1. The van der Waals surface area contributed by atoms with Crippen molar-refractivity contribution < 1.29 is 34.8 Å². The number of phenolic OH excluding ortho intramolecular Hbond substituents is 1. The molecule has 12 heteroatoms. The number of nitrogens with zero attached hydrogens (tertiary/aromatic N) is 1. The first-order valence-electron chi connectivity index (χ1n) is 9.78. The molecule has 1 fully saturated rings. The van der Waals surface area contributed by atoms with Crippen LogP contribution in [-0.4, -0.2) is 68.5 Å². The van der Waals surface area contributed by atoms with Crippen molar-refractivity contribution in [2.45, 2.75) is 24.5 Å². The molecule has 0 spiro atoms. The number of aliphatic hydroxyl groups is 3. The number of fused-ring (bicyclic) bond motifs is 3. The topological polar surface area (TPSA) is 187 Å². The lowest BCUT2D eigenvalue weighted by Crippen LogP contribution is -2.65. The minimum atomic E-state index is -2.65. The lowest BCUT2D eigenvalue weighted by molar-refractivity contribution is -0.153. The molecular formula is C21H23Br2N3O7. The van der Waals surface area contributed by atoms with Gasteiger partial charge in [0.25, 0.3) is 5.91 Å². The maximum Gasteiger partial charge on any atom is 0.255 e. The number of hydrogen-bond acceptors (Lipinski definition) is 9. The maximum atomic E-state index is 13.6. The zero-order valence-corrected chi connectivity index (χ0v) is 20.9. The smallest absolute Gasteiger partial charge is 0.255 e. The molecule has 33 heavy (non-hydrogen) atoms. The van der Waals surface area contributed by atoms with E-state index in [1.807, 2.05) is 0 Å². The van der Waals surface area contributed by atoms with Crippen LogP contribution in [0.2, 0.25) is 0 Å². The van der Waals surface area contributed by atoms with Gasteiger partial charge in [0, 0.05) is 16.0 Å². The standard InChI is InChI=1S/C21H22BrN3O7.BrH/c1-25(2)14-8-4-6-3-7-5-9(22)13(23)16(27)10(7)15(26)11(6)18(29)21(8,32)19(30)12(17(14)28)20(24)31;/h5-6,8,14,26-27,30,32H,3-4,23H2,1-2H3,(H2,24,31);1H/t6?,8?,14-,21?;/m0./s1. The predicted octanol–water partition coefficient (Wildman–Crippen LogP) is 0.887. The van der Waals surface area contributed by atoms with Gasteiger partial charge in [-0.2, -0.15) is 0 Å². The number of aliphatic hydroxyl groups excluding tert-OH is 2. The predicted molar refractivity (Wildman–Crippen MR) is 127 cm³/mol. The highest BCUT2D eigenvalue weighted by atomic mass is 79.9. The molecule has 3 aliphatic rings. The number of nitrogens with two attached hydrogens (primary N) is 2. The van der Waals surface area contributed by atoms with Gasteiger partial charge in [0.05, 0.1) is 17.3 Å². The Morgan fingerprint density at radius 2 is 1.85 bits per heavy atom. The van der Waals surface area contributed by atoms with Crippen molar-refractivity contribution >= 4 is 61.8 Å². The number of carbonyl (C=O) groups excluding carboxylic acids is 3. The zero-order chi connectivity index (χ0) is 23.9. The van der Waals surface area contributed by atoms with Gasteiger partial charge < -0.3 is 31.9 Å². The Hall–Kier alpha value is -2.41. The Balaban J connectivity index is 0.00000306. The van der Waals surface area contributed by atoms with Crippen LogP contribution in [0.5, 0.6) is 5.75 Å². The summed E-state index contributed by atoms with van der Waals surface area (Å²) in [7, 11) is 3.09. The van der Waals surface area contributed by atoms with Gasteiger partial charge in [-0.3, -0.25) is 19.3 Å². The minimum Gasteiger partial charge on any atom is -0.508 e. The van der Waals surface area contributed by atoms with E-state index in [1.165, 1.54) is 4.90 Å². The number of primary amides is 1. The molecule has 0 bridgehead atoms. The average molecular weight is 589 g/mol. The van der Waals surface area contributed by atoms with Gasteiger partial charge in [0.1, 0.15) is 17.1 Å². The summed E-state index contributed by atoms with van der Waals surface area (Å²) in [5, 5.41) is 43.7. The van der Waals surface area contributed by atoms with E-state index in [4.69, 9.17) is 11.5 Å². The van der Waals surface area contributed by atoms with Crippen LogP contribution in [0.15, 0.2) is 27.4 Å². The van der Waals surface area contributed by atoms with Crippen LogP contribution in [0.3, 0.4) is 0 Å². The third-order valence-electron chi connectivity index (χ3n) is 6.70. The van der Waals surface area contributed by atoms with E-state index < -0.39 is 63.8 Å². The number of carbonyl (C=O) groups is 3. The lowest BCUT2D eigenvalue weighted by Gasteiger charge is -2.50. The Morgan fingerprint density at radius 1 is 1.24 bits per heavy atom. The van der Waals surface area contributed by atoms with E-state index in [0.717, 1.165) is 0 Å². The Bertz CT molecular complexity index is 1180. The maximum absolute atomic E-state index is 13.6. The number of amides is 1. The summed E-state index contributed by atoms with van der Waals surface area (Å²) in [5.41, 5.74) is 7.85. The fraction of sp³-hybridized carbons (Fsp3) is 0.381. The van der Waals surface area contributed by atoms with Crippen LogP contribution in [0.25, 0.3) is 5.76 Å². The van der Waals surface area contributed by atoms with Crippen molar-refractivity contribution in [2.75, 3.05) is 19.8 Å². The van der Waals surface area contributed by atoms with Crippen LogP contribution >= 0.6 is 32.9 Å². The molecule has 0 aromatic heterocycles. The van der Waals surface area contributed by atoms with E-state index in [2.05, 4.69) is 15.9 Å².